The van der Waals surface area contributed by atoms with Crippen LogP contribution in [0.2, 0.25) is 10.0 Å². The van der Waals surface area contributed by atoms with Crippen LogP contribution in [0.25, 0.3) is 0 Å². The lowest BCUT2D eigenvalue weighted by atomic mass is 10.1. The van der Waals surface area contributed by atoms with Gasteiger partial charge in [-0.25, -0.2) is 0 Å². The van der Waals surface area contributed by atoms with Gasteiger partial charge >= 0.3 is 0 Å². The lowest BCUT2D eigenvalue weighted by Crippen LogP contribution is -2.50. The van der Waals surface area contributed by atoms with E-state index in [0.717, 1.165) is 49.7 Å². The van der Waals surface area contributed by atoms with Gasteiger partial charge in [-0.15, -0.1) is 0 Å². The number of aromatic nitrogens is 2. The highest BCUT2D eigenvalue weighted by Gasteiger charge is 2.24. The molecule has 1 saturated heterocycles. The van der Waals surface area contributed by atoms with E-state index in [9.17, 15) is 4.79 Å². The van der Waals surface area contributed by atoms with E-state index >= 15 is 0 Å². The van der Waals surface area contributed by atoms with Crippen LogP contribution in [0.3, 0.4) is 0 Å². The highest BCUT2D eigenvalue weighted by Crippen LogP contribution is 2.30. The summed E-state index contributed by atoms with van der Waals surface area (Å²) in [6.07, 6.45) is -0.321. The molecule has 8 heteroatoms. The molecule has 0 bridgehead atoms. The van der Waals surface area contributed by atoms with Gasteiger partial charge in [0.25, 0.3) is 0 Å². The standard InChI is InChI=1S/C21H28Cl2N4O2/c1-14(2)21(28)27-8-6-26(7-9-27)10-11-29-20(19-12-15(3)24-25-19)16-4-5-17(22)18(23)13-16/h4-5,12-14,20H,6-11H2,1-3H3,(H,24,25). The highest BCUT2D eigenvalue weighted by molar-refractivity contribution is 6.42. The topological polar surface area (TPSA) is 61.5 Å². The second kappa shape index (κ2) is 9.94. The first-order chi connectivity index (χ1) is 13.8. The number of carbonyl (C=O) groups is 1. The number of nitrogens with one attached hydrogen (secondary N) is 1. The van der Waals surface area contributed by atoms with Crippen molar-refractivity contribution in [3.05, 3.63) is 51.3 Å². The third kappa shape index (κ3) is 5.72. The predicted octanol–water partition coefficient (Wildman–Crippen LogP) is 3.93. The quantitative estimate of drug-likeness (QED) is 0.710. The molecule has 1 amide bonds. The lowest BCUT2D eigenvalue weighted by Gasteiger charge is -2.35. The van der Waals surface area contributed by atoms with Gasteiger partial charge in [0.1, 0.15) is 6.10 Å². The van der Waals surface area contributed by atoms with E-state index in [1.165, 1.54) is 0 Å². The van der Waals surface area contributed by atoms with Gasteiger partial charge in [-0.2, -0.15) is 5.10 Å². The van der Waals surface area contributed by atoms with Gasteiger partial charge < -0.3 is 9.64 Å². The normalized spacial score (nSPS) is 16.4. The van der Waals surface area contributed by atoms with E-state index in [0.29, 0.717) is 16.7 Å². The molecule has 29 heavy (non-hydrogen) atoms. The second-order valence-corrected chi connectivity index (χ2v) is 8.54. The molecule has 1 aromatic heterocycles. The molecule has 1 aromatic carbocycles. The number of hydrogen-bond donors (Lipinski definition) is 1. The molecule has 2 aromatic rings. The fraction of sp³-hybridized carbons (Fsp3) is 0.524. The monoisotopic (exact) mass is 438 g/mol. The fourth-order valence-corrected chi connectivity index (χ4v) is 3.76. The van der Waals surface area contributed by atoms with Crippen LogP contribution in [-0.4, -0.2) is 65.2 Å². The van der Waals surface area contributed by atoms with Crippen LogP contribution >= 0.6 is 23.2 Å². The molecule has 6 nitrogen and oxygen atoms in total. The number of amides is 1. The first-order valence-electron chi connectivity index (χ1n) is 9.94. The summed E-state index contributed by atoms with van der Waals surface area (Å²) < 4.78 is 6.23. The lowest BCUT2D eigenvalue weighted by molar-refractivity contribution is -0.136. The summed E-state index contributed by atoms with van der Waals surface area (Å²) in [7, 11) is 0. The van der Waals surface area contributed by atoms with Crippen molar-refractivity contribution in [2.24, 2.45) is 5.92 Å². The average molecular weight is 439 g/mol. The molecule has 1 aliphatic heterocycles. The Bertz CT molecular complexity index is 832. The van der Waals surface area contributed by atoms with Crippen molar-refractivity contribution >= 4 is 29.1 Å². The maximum atomic E-state index is 12.1. The Morgan fingerprint density at radius 3 is 2.48 bits per heavy atom. The van der Waals surface area contributed by atoms with Gasteiger partial charge in [0.05, 0.1) is 22.3 Å². The molecule has 1 atom stereocenters. The van der Waals surface area contributed by atoms with Gasteiger partial charge in [0, 0.05) is 44.3 Å². The number of halogens is 2. The summed E-state index contributed by atoms with van der Waals surface area (Å²) in [4.78, 5) is 16.4. The molecule has 0 saturated carbocycles. The largest absolute Gasteiger partial charge is 0.366 e. The van der Waals surface area contributed by atoms with E-state index in [2.05, 4.69) is 15.1 Å². The molecule has 3 rings (SSSR count). The van der Waals surface area contributed by atoms with Crippen molar-refractivity contribution in [3.63, 3.8) is 0 Å². The smallest absolute Gasteiger partial charge is 0.225 e. The van der Waals surface area contributed by atoms with E-state index in [-0.39, 0.29) is 17.9 Å². The van der Waals surface area contributed by atoms with Crippen molar-refractivity contribution in [3.8, 4) is 0 Å². The van der Waals surface area contributed by atoms with Crippen molar-refractivity contribution in [1.29, 1.82) is 0 Å². The summed E-state index contributed by atoms with van der Waals surface area (Å²) in [6.45, 7) is 10.5. The Balaban J connectivity index is 1.58. The number of piperazine rings is 1. The number of benzene rings is 1. The van der Waals surface area contributed by atoms with Crippen LogP contribution in [0.15, 0.2) is 24.3 Å². The fourth-order valence-electron chi connectivity index (χ4n) is 3.46. The number of carbonyl (C=O) groups excluding carboxylic acids is 1. The van der Waals surface area contributed by atoms with Gasteiger partial charge in [-0.1, -0.05) is 43.1 Å². The van der Waals surface area contributed by atoms with Crippen molar-refractivity contribution in [2.45, 2.75) is 26.9 Å². The zero-order valence-electron chi connectivity index (χ0n) is 17.1. The second-order valence-electron chi connectivity index (χ2n) is 7.72. The van der Waals surface area contributed by atoms with E-state index in [4.69, 9.17) is 27.9 Å². The number of ether oxygens (including phenoxy) is 1. The summed E-state index contributed by atoms with van der Waals surface area (Å²) >= 11 is 12.3. The first kappa shape index (κ1) is 22.1. The zero-order chi connectivity index (χ0) is 21.0. The maximum absolute atomic E-state index is 12.1. The molecule has 1 unspecified atom stereocenters. The van der Waals surface area contributed by atoms with Crippen LogP contribution in [0.4, 0.5) is 0 Å². The number of H-pyrrole nitrogens is 1. The predicted molar refractivity (Wildman–Crippen MR) is 115 cm³/mol. The van der Waals surface area contributed by atoms with Gasteiger partial charge in [0.2, 0.25) is 5.91 Å². The van der Waals surface area contributed by atoms with Gasteiger partial charge in [-0.05, 0) is 30.7 Å². The molecule has 1 aliphatic rings. The molecule has 0 aliphatic carbocycles. The molecule has 0 spiro atoms. The Labute approximate surface area is 182 Å². The summed E-state index contributed by atoms with van der Waals surface area (Å²) in [6, 6.07) is 7.50. The van der Waals surface area contributed by atoms with Gasteiger partial charge in [0.15, 0.2) is 0 Å². The molecule has 158 valence electrons. The molecule has 1 N–H and O–H groups in total. The zero-order valence-corrected chi connectivity index (χ0v) is 18.6. The number of aromatic amines is 1. The van der Waals surface area contributed by atoms with Crippen LogP contribution in [0.1, 0.15) is 36.9 Å². The van der Waals surface area contributed by atoms with Crippen LogP contribution in [-0.2, 0) is 9.53 Å². The van der Waals surface area contributed by atoms with E-state index in [1.54, 1.807) is 6.07 Å². The first-order valence-corrected chi connectivity index (χ1v) is 10.7. The summed E-state index contributed by atoms with van der Waals surface area (Å²) in [5, 5.41) is 8.36. The minimum atomic E-state index is -0.321. The third-order valence-electron chi connectivity index (χ3n) is 5.11. The van der Waals surface area contributed by atoms with Crippen LogP contribution in [0.5, 0.6) is 0 Å². The molecule has 1 fully saturated rings. The SMILES string of the molecule is Cc1cc(C(OCCN2CCN(C(=O)C(C)C)CC2)c2ccc(Cl)c(Cl)c2)n[nH]1. The minimum absolute atomic E-state index is 0.0501. The number of hydrogen-bond acceptors (Lipinski definition) is 4. The number of nitrogens with zero attached hydrogens (tertiary/aromatic N) is 3. The van der Waals surface area contributed by atoms with Crippen molar-refractivity contribution in [2.75, 3.05) is 39.3 Å². The Kier molecular flexibility index (Phi) is 7.57. The van der Waals surface area contributed by atoms with Crippen molar-refractivity contribution < 1.29 is 9.53 Å². The number of rotatable bonds is 7. The Morgan fingerprint density at radius 2 is 1.90 bits per heavy atom. The van der Waals surface area contributed by atoms with E-state index in [1.807, 2.05) is 43.9 Å². The maximum Gasteiger partial charge on any atom is 0.225 e. The van der Waals surface area contributed by atoms with Crippen LogP contribution in [0, 0.1) is 12.8 Å². The molecular weight excluding hydrogens is 411 g/mol. The number of aryl methyl sites for hydroxylation is 1. The molecular formula is C21H28Cl2N4O2. The Morgan fingerprint density at radius 1 is 1.17 bits per heavy atom. The highest BCUT2D eigenvalue weighted by atomic mass is 35.5. The Hall–Kier alpha value is -1.60. The van der Waals surface area contributed by atoms with Crippen molar-refractivity contribution in [1.82, 2.24) is 20.0 Å². The third-order valence-corrected chi connectivity index (χ3v) is 5.85. The molecule has 2 heterocycles. The summed E-state index contributed by atoms with van der Waals surface area (Å²) in [5.74, 6) is 0.281. The average Bonchev–Trinajstić information content (AvgIpc) is 3.13. The van der Waals surface area contributed by atoms with Crippen LogP contribution < -0.4 is 0 Å². The molecule has 0 radical (unpaired) electrons. The van der Waals surface area contributed by atoms with Gasteiger partial charge in [-0.3, -0.25) is 14.8 Å². The summed E-state index contributed by atoms with van der Waals surface area (Å²) in [5.41, 5.74) is 2.70. The van der Waals surface area contributed by atoms with E-state index < -0.39 is 0 Å². The minimum Gasteiger partial charge on any atom is -0.366 e.